The second kappa shape index (κ2) is 6.56. The molecule has 20 heavy (non-hydrogen) atoms. The molecule has 0 saturated carbocycles. The molecule has 2 rings (SSSR count). The van der Waals surface area contributed by atoms with Gasteiger partial charge in [0.2, 0.25) is 0 Å². The van der Waals surface area contributed by atoms with Gasteiger partial charge < -0.3 is 15.1 Å². The van der Waals surface area contributed by atoms with Gasteiger partial charge in [-0.05, 0) is 30.5 Å². The molecule has 0 aromatic heterocycles. The second-order valence-electron chi connectivity index (χ2n) is 5.13. The number of β-amino-alcohol motifs (C(OH)–C–C–N with tert-alkyl or cyclic N) is 1. The molecule has 1 aliphatic rings. The van der Waals surface area contributed by atoms with Crippen LogP contribution in [0.1, 0.15) is 29.3 Å². The molecule has 1 heterocycles. The summed E-state index contributed by atoms with van der Waals surface area (Å²) in [6.45, 7) is 2.85. The van der Waals surface area contributed by atoms with Gasteiger partial charge in [-0.2, -0.15) is 0 Å². The number of likely N-dealkylation sites (tertiary alicyclic amines) is 1. The van der Waals surface area contributed by atoms with E-state index in [0.717, 1.165) is 6.42 Å². The van der Waals surface area contributed by atoms with Crippen LogP contribution in [0.15, 0.2) is 24.3 Å². The fourth-order valence-corrected chi connectivity index (χ4v) is 2.29. The van der Waals surface area contributed by atoms with Crippen molar-refractivity contribution in [3.05, 3.63) is 35.4 Å². The van der Waals surface area contributed by atoms with Crippen LogP contribution >= 0.6 is 0 Å². The molecule has 1 aromatic rings. The predicted molar refractivity (Wildman–Crippen MR) is 76.1 cm³/mol. The largest absolute Gasteiger partial charge is 0.391 e. The standard InChI is InChI=1S/C16H19NO3/c1-12-7-8-17(11-15(12)19)16(20)14-6-2-4-13(10-14)5-3-9-18/h2,4,6,10,12,15,18-19H,7-9,11H2,1H3. The smallest absolute Gasteiger partial charge is 0.253 e. The maximum Gasteiger partial charge on any atom is 0.253 e. The monoisotopic (exact) mass is 273 g/mol. The Morgan fingerprint density at radius 1 is 1.50 bits per heavy atom. The number of hydrogen-bond donors (Lipinski definition) is 2. The maximum absolute atomic E-state index is 12.4. The summed E-state index contributed by atoms with van der Waals surface area (Å²) in [5, 5.41) is 18.6. The quantitative estimate of drug-likeness (QED) is 0.747. The highest BCUT2D eigenvalue weighted by atomic mass is 16.3. The van der Waals surface area contributed by atoms with Gasteiger partial charge in [-0.1, -0.05) is 24.8 Å². The Balaban J connectivity index is 2.13. The molecule has 0 aliphatic carbocycles. The summed E-state index contributed by atoms with van der Waals surface area (Å²) in [6, 6.07) is 7.04. The van der Waals surface area contributed by atoms with E-state index >= 15 is 0 Å². The Hall–Kier alpha value is -1.83. The van der Waals surface area contributed by atoms with Crippen LogP contribution in [0.4, 0.5) is 0 Å². The van der Waals surface area contributed by atoms with E-state index in [1.807, 2.05) is 6.92 Å². The number of aliphatic hydroxyl groups excluding tert-OH is 2. The Morgan fingerprint density at radius 3 is 3.00 bits per heavy atom. The molecule has 4 nitrogen and oxygen atoms in total. The van der Waals surface area contributed by atoms with Crippen LogP contribution in [-0.4, -0.2) is 46.8 Å². The van der Waals surface area contributed by atoms with E-state index in [0.29, 0.717) is 24.2 Å². The molecule has 1 amide bonds. The number of hydrogen-bond acceptors (Lipinski definition) is 3. The maximum atomic E-state index is 12.4. The lowest BCUT2D eigenvalue weighted by Crippen LogP contribution is -2.45. The molecule has 2 unspecified atom stereocenters. The predicted octanol–water partition coefficient (Wildman–Crippen LogP) is 0.873. The van der Waals surface area contributed by atoms with E-state index in [9.17, 15) is 9.90 Å². The first-order valence-electron chi connectivity index (χ1n) is 6.79. The lowest BCUT2D eigenvalue weighted by atomic mass is 9.95. The van der Waals surface area contributed by atoms with E-state index in [1.54, 1.807) is 29.2 Å². The van der Waals surface area contributed by atoms with Crippen LogP contribution in [0.2, 0.25) is 0 Å². The number of nitrogens with zero attached hydrogens (tertiary/aromatic N) is 1. The Kier molecular flexibility index (Phi) is 4.78. The number of aliphatic hydroxyl groups is 2. The van der Waals surface area contributed by atoms with Crippen molar-refractivity contribution in [2.75, 3.05) is 19.7 Å². The first-order chi connectivity index (χ1) is 9.61. The van der Waals surface area contributed by atoms with Gasteiger partial charge in [0.15, 0.2) is 0 Å². The van der Waals surface area contributed by atoms with Crippen molar-refractivity contribution in [2.45, 2.75) is 19.4 Å². The van der Waals surface area contributed by atoms with Crippen molar-refractivity contribution < 1.29 is 15.0 Å². The van der Waals surface area contributed by atoms with Gasteiger partial charge in [0.1, 0.15) is 6.61 Å². The van der Waals surface area contributed by atoms with E-state index in [1.165, 1.54) is 0 Å². The average molecular weight is 273 g/mol. The molecule has 0 radical (unpaired) electrons. The van der Waals surface area contributed by atoms with Gasteiger partial charge >= 0.3 is 0 Å². The molecule has 1 saturated heterocycles. The number of carbonyl (C=O) groups excluding carboxylic acids is 1. The molecular weight excluding hydrogens is 254 g/mol. The molecule has 0 bridgehead atoms. The molecule has 0 spiro atoms. The fourth-order valence-electron chi connectivity index (χ4n) is 2.29. The summed E-state index contributed by atoms with van der Waals surface area (Å²) >= 11 is 0. The summed E-state index contributed by atoms with van der Waals surface area (Å²) in [5.41, 5.74) is 1.27. The number of rotatable bonds is 1. The molecule has 1 aliphatic heterocycles. The lowest BCUT2D eigenvalue weighted by molar-refractivity contribution is 0.0248. The summed E-state index contributed by atoms with van der Waals surface area (Å²) in [6.07, 6.45) is 0.363. The third kappa shape index (κ3) is 3.38. The van der Waals surface area contributed by atoms with Crippen LogP contribution in [0.5, 0.6) is 0 Å². The fraction of sp³-hybridized carbons (Fsp3) is 0.438. The average Bonchev–Trinajstić information content (AvgIpc) is 2.47. The lowest BCUT2D eigenvalue weighted by Gasteiger charge is -2.34. The molecular formula is C16H19NO3. The zero-order chi connectivity index (χ0) is 14.5. The van der Waals surface area contributed by atoms with E-state index in [-0.39, 0.29) is 18.4 Å². The van der Waals surface area contributed by atoms with Crippen LogP contribution in [-0.2, 0) is 0 Å². The normalized spacial score (nSPS) is 22.1. The van der Waals surface area contributed by atoms with Crippen molar-refractivity contribution in [1.82, 2.24) is 4.90 Å². The number of benzene rings is 1. The second-order valence-corrected chi connectivity index (χ2v) is 5.13. The Labute approximate surface area is 119 Å². The molecule has 4 heteroatoms. The van der Waals surface area contributed by atoms with Crippen molar-refractivity contribution >= 4 is 5.91 Å². The Morgan fingerprint density at radius 2 is 2.30 bits per heavy atom. The molecule has 106 valence electrons. The van der Waals surface area contributed by atoms with Gasteiger partial charge in [0.25, 0.3) is 5.91 Å². The van der Waals surface area contributed by atoms with E-state index in [2.05, 4.69) is 11.8 Å². The van der Waals surface area contributed by atoms with Crippen LogP contribution in [0, 0.1) is 17.8 Å². The van der Waals surface area contributed by atoms with Crippen molar-refractivity contribution in [3.8, 4) is 11.8 Å². The summed E-state index contributed by atoms with van der Waals surface area (Å²) in [4.78, 5) is 14.1. The van der Waals surface area contributed by atoms with E-state index < -0.39 is 6.10 Å². The van der Waals surface area contributed by atoms with Crippen LogP contribution < -0.4 is 0 Å². The zero-order valence-corrected chi connectivity index (χ0v) is 11.5. The molecule has 1 aromatic carbocycles. The SMILES string of the molecule is CC1CCN(C(=O)c2cccc(C#CCO)c2)CC1O. The van der Waals surface area contributed by atoms with Gasteiger partial charge in [-0.3, -0.25) is 4.79 Å². The highest BCUT2D eigenvalue weighted by molar-refractivity contribution is 5.94. The Bertz CT molecular complexity index is 544. The van der Waals surface area contributed by atoms with Gasteiger partial charge in [0.05, 0.1) is 6.10 Å². The third-order valence-corrected chi connectivity index (χ3v) is 3.63. The highest BCUT2D eigenvalue weighted by Crippen LogP contribution is 2.19. The molecule has 2 N–H and O–H groups in total. The van der Waals surface area contributed by atoms with Crippen LogP contribution in [0.3, 0.4) is 0 Å². The van der Waals surface area contributed by atoms with Crippen molar-refractivity contribution in [2.24, 2.45) is 5.92 Å². The topological polar surface area (TPSA) is 60.8 Å². The van der Waals surface area contributed by atoms with Gasteiger partial charge in [-0.15, -0.1) is 0 Å². The first-order valence-corrected chi connectivity index (χ1v) is 6.79. The summed E-state index contributed by atoms with van der Waals surface area (Å²) in [7, 11) is 0. The highest BCUT2D eigenvalue weighted by Gasteiger charge is 2.27. The number of piperidine rings is 1. The molecule has 2 atom stereocenters. The third-order valence-electron chi connectivity index (χ3n) is 3.63. The number of carbonyl (C=O) groups is 1. The summed E-state index contributed by atoms with van der Waals surface area (Å²) < 4.78 is 0. The number of amides is 1. The van der Waals surface area contributed by atoms with Gasteiger partial charge in [-0.25, -0.2) is 0 Å². The zero-order valence-electron chi connectivity index (χ0n) is 11.5. The van der Waals surface area contributed by atoms with Crippen molar-refractivity contribution in [3.63, 3.8) is 0 Å². The van der Waals surface area contributed by atoms with Crippen molar-refractivity contribution in [1.29, 1.82) is 0 Å². The van der Waals surface area contributed by atoms with Crippen LogP contribution in [0.25, 0.3) is 0 Å². The van der Waals surface area contributed by atoms with E-state index in [4.69, 9.17) is 5.11 Å². The minimum atomic E-state index is -0.454. The van der Waals surface area contributed by atoms with Gasteiger partial charge in [0, 0.05) is 24.2 Å². The minimum absolute atomic E-state index is 0.0800. The first kappa shape index (κ1) is 14.6. The summed E-state index contributed by atoms with van der Waals surface area (Å²) in [5.74, 6) is 5.51. The molecule has 1 fully saturated rings. The minimum Gasteiger partial charge on any atom is -0.391 e.